The predicted octanol–water partition coefficient (Wildman–Crippen LogP) is 2.61. The Labute approximate surface area is 109 Å². The van der Waals surface area contributed by atoms with Gasteiger partial charge in [0.25, 0.3) is 0 Å². The van der Waals surface area contributed by atoms with Crippen LogP contribution < -0.4 is 5.32 Å². The van der Waals surface area contributed by atoms with Crippen molar-refractivity contribution in [1.29, 1.82) is 0 Å². The van der Waals surface area contributed by atoms with Gasteiger partial charge < -0.3 is 5.32 Å². The highest BCUT2D eigenvalue weighted by Crippen LogP contribution is 2.25. The summed E-state index contributed by atoms with van der Waals surface area (Å²) in [6.07, 6.45) is 1.19. The first-order valence-corrected chi connectivity index (χ1v) is 7.47. The fourth-order valence-electron chi connectivity index (χ4n) is 2.58. The van der Waals surface area contributed by atoms with Gasteiger partial charge in [-0.05, 0) is 34.2 Å². The molecule has 0 radical (unpaired) electrons. The van der Waals surface area contributed by atoms with E-state index in [1.165, 1.54) is 25.1 Å². The maximum atomic E-state index is 3.52. The van der Waals surface area contributed by atoms with E-state index in [4.69, 9.17) is 0 Å². The Hall–Kier alpha value is -0.380. The van der Waals surface area contributed by atoms with Gasteiger partial charge >= 0.3 is 0 Å². The zero-order valence-electron chi connectivity index (χ0n) is 11.2. The molecule has 1 saturated heterocycles. The lowest BCUT2D eigenvalue weighted by Gasteiger charge is -2.43. The minimum absolute atomic E-state index is 0.363. The summed E-state index contributed by atoms with van der Waals surface area (Å²) >= 11 is 1.80. The van der Waals surface area contributed by atoms with Crippen LogP contribution in [0.1, 0.15) is 26.3 Å². The Kier molecular flexibility index (Phi) is 4.23. The molecule has 1 atom stereocenters. The molecular formula is C14H24N2S. The van der Waals surface area contributed by atoms with Gasteiger partial charge in [-0.1, -0.05) is 20.8 Å². The van der Waals surface area contributed by atoms with Crippen LogP contribution in [0.15, 0.2) is 16.8 Å². The molecule has 3 heteroatoms. The summed E-state index contributed by atoms with van der Waals surface area (Å²) in [5.41, 5.74) is 1.85. The normalized spacial score (nSPS) is 22.9. The summed E-state index contributed by atoms with van der Waals surface area (Å²) in [6.45, 7) is 11.7. The lowest BCUT2D eigenvalue weighted by molar-refractivity contribution is 0.0766. The second-order valence-electron chi connectivity index (χ2n) is 6.00. The van der Waals surface area contributed by atoms with Crippen LogP contribution >= 0.6 is 11.3 Å². The molecule has 0 aromatic carbocycles. The van der Waals surface area contributed by atoms with E-state index in [0.717, 1.165) is 13.1 Å². The van der Waals surface area contributed by atoms with Gasteiger partial charge in [0.2, 0.25) is 0 Å². The molecule has 1 fully saturated rings. The molecule has 0 aliphatic carbocycles. The lowest BCUT2D eigenvalue weighted by Crippen LogP contribution is -2.56. The van der Waals surface area contributed by atoms with Crippen LogP contribution in [0.25, 0.3) is 0 Å². The van der Waals surface area contributed by atoms with Crippen molar-refractivity contribution in [2.45, 2.75) is 33.2 Å². The monoisotopic (exact) mass is 252 g/mol. The van der Waals surface area contributed by atoms with Crippen LogP contribution in [-0.4, -0.2) is 37.1 Å². The molecule has 0 saturated carbocycles. The van der Waals surface area contributed by atoms with Crippen LogP contribution in [0.4, 0.5) is 0 Å². The quantitative estimate of drug-likeness (QED) is 0.889. The summed E-state index contributed by atoms with van der Waals surface area (Å²) in [7, 11) is 0. The van der Waals surface area contributed by atoms with Gasteiger partial charge in [-0.25, -0.2) is 0 Å². The lowest BCUT2D eigenvalue weighted by atomic mass is 9.84. The third-order valence-electron chi connectivity index (χ3n) is 3.62. The van der Waals surface area contributed by atoms with Crippen molar-refractivity contribution in [3.8, 4) is 0 Å². The van der Waals surface area contributed by atoms with Crippen LogP contribution in [-0.2, 0) is 6.42 Å². The molecule has 96 valence electrons. The Morgan fingerprint density at radius 1 is 1.47 bits per heavy atom. The minimum Gasteiger partial charge on any atom is -0.314 e. The molecule has 1 aliphatic rings. The molecule has 2 heterocycles. The largest absolute Gasteiger partial charge is 0.314 e. The number of rotatable bonds is 3. The van der Waals surface area contributed by atoms with E-state index in [0.29, 0.717) is 11.5 Å². The SMILES string of the molecule is CC(C)(C)C1CNCCN1CCc1ccsc1. The Morgan fingerprint density at radius 2 is 2.29 bits per heavy atom. The molecule has 1 aliphatic heterocycles. The van der Waals surface area contributed by atoms with Crippen LogP contribution in [0.2, 0.25) is 0 Å². The highest BCUT2D eigenvalue weighted by Gasteiger charge is 2.31. The van der Waals surface area contributed by atoms with Gasteiger partial charge in [-0.3, -0.25) is 4.90 Å². The van der Waals surface area contributed by atoms with Crippen molar-refractivity contribution in [2.24, 2.45) is 5.41 Å². The molecule has 2 nitrogen and oxygen atoms in total. The van der Waals surface area contributed by atoms with Gasteiger partial charge in [0.15, 0.2) is 0 Å². The number of nitrogens with zero attached hydrogens (tertiary/aromatic N) is 1. The van der Waals surface area contributed by atoms with Crippen molar-refractivity contribution in [1.82, 2.24) is 10.2 Å². The summed E-state index contributed by atoms with van der Waals surface area (Å²) in [5, 5.41) is 7.97. The van der Waals surface area contributed by atoms with Gasteiger partial charge in [0, 0.05) is 32.2 Å². The van der Waals surface area contributed by atoms with Crippen molar-refractivity contribution in [2.75, 3.05) is 26.2 Å². The van der Waals surface area contributed by atoms with Crippen LogP contribution in [0.3, 0.4) is 0 Å². The second-order valence-corrected chi connectivity index (χ2v) is 6.78. The third-order valence-corrected chi connectivity index (χ3v) is 4.35. The molecule has 0 spiro atoms. The van der Waals surface area contributed by atoms with E-state index in [1.807, 2.05) is 0 Å². The summed E-state index contributed by atoms with van der Waals surface area (Å²) in [5.74, 6) is 0. The van der Waals surface area contributed by atoms with E-state index in [9.17, 15) is 0 Å². The van der Waals surface area contributed by atoms with Crippen molar-refractivity contribution in [3.63, 3.8) is 0 Å². The fraction of sp³-hybridized carbons (Fsp3) is 0.714. The zero-order chi connectivity index (χ0) is 12.3. The molecular weight excluding hydrogens is 228 g/mol. The Balaban J connectivity index is 1.92. The highest BCUT2D eigenvalue weighted by molar-refractivity contribution is 7.07. The fourth-order valence-corrected chi connectivity index (χ4v) is 3.28. The second kappa shape index (κ2) is 5.51. The van der Waals surface area contributed by atoms with E-state index >= 15 is 0 Å². The molecule has 1 unspecified atom stereocenters. The van der Waals surface area contributed by atoms with E-state index < -0.39 is 0 Å². The molecule has 0 bridgehead atoms. The smallest absolute Gasteiger partial charge is 0.0269 e. The van der Waals surface area contributed by atoms with Gasteiger partial charge in [-0.2, -0.15) is 11.3 Å². The first kappa shape index (κ1) is 13.1. The average Bonchev–Trinajstić information content (AvgIpc) is 2.78. The highest BCUT2D eigenvalue weighted by atomic mass is 32.1. The Morgan fingerprint density at radius 3 is 2.94 bits per heavy atom. The summed E-state index contributed by atoms with van der Waals surface area (Å²) < 4.78 is 0. The van der Waals surface area contributed by atoms with Crippen molar-refractivity contribution in [3.05, 3.63) is 22.4 Å². The molecule has 0 amide bonds. The number of nitrogens with one attached hydrogen (secondary N) is 1. The number of piperazine rings is 1. The van der Waals surface area contributed by atoms with E-state index in [2.05, 4.69) is 47.8 Å². The van der Waals surface area contributed by atoms with Crippen molar-refractivity contribution >= 4 is 11.3 Å². The van der Waals surface area contributed by atoms with E-state index in [1.54, 1.807) is 11.3 Å². The predicted molar refractivity (Wildman–Crippen MR) is 75.7 cm³/mol. The third kappa shape index (κ3) is 3.54. The first-order chi connectivity index (χ1) is 8.07. The first-order valence-electron chi connectivity index (χ1n) is 6.53. The molecule has 1 aromatic heterocycles. The number of hydrogen-bond acceptors (Lipinski definition) is 3. The summed E-state index contributed by atoms with van der Waals surface area (Å²) in [6, 6.07) is 2.91. The van der Waals surface area contributed by atoms with Gasteiger partial charge in [-0.15, -0.1) is 0 Å². The zero-order valence-corrected chi connectivity index (χ0v) is 12.0. The molecule has 17 heavy (non-hydrogen) atoms. The van der Waals surface area contributed by atoms with Crippen molar-refractivity contribution < 1.29 is 0 Å². The standard InChI is InChI=1S/C14H24N2S/c1-14(2,3)13-10-15-6-8-16(13)7-4-12-5-9-17-11-12/h5,9,11,13,15H,4,6-8,10H2,1-3H3. The van der Waals surface area contributed by atoms with Gasteiger partial charge in [0.1, 0.15) is 0 Å². The Bertz CT molecular complexity index is 326. The average molecular weight is 252 g/mol. The molecule has 2 rings (SSSR count). The number of thiophene rings is 1. The van der Waals surface area contributed by atoms with Gasteiger partial charge in [0.05, 0.1) is 0 Å². The number of hydrogen-bond donors (Lipinski definition) is 1. The maximum Gasteiger partial charge on any atom is 0.0269 e. The molecule has 1 N–H and O–H groups in total. The van der Waals surface area contributed by atoms with Crippen LogP contribution in [0.5, 0.6) is 0 Å². The topological polar surface area (TPSA) is 15.3 Å². The maximum absolute atomic E-state index is 3.52. The summed E-state index contributed by atoms with van der Waals surface area (Å²) in [4.78, 5) is 2.66. The van der Waals surface area contributed by atoms with Crippen LogP contribution in [0, 0.1) is 5.41 Å². The minimum atomic E-state index is 0.363. The van der Waals surface area contributed by atoms with E-state index in [-0.39, 0.29) is 0 Å². The molecule has 1 aromatic rings.